The molecule has 0 atom stereocenters. The molecule has 1 aromatic rings. The molecule has 1 aliphatic carbocycles. The number of hydrogen-bond acceptors (Lipinski definition) is 2. The van der Waals surface area contributed by atoms with Gasteiger partial charge < -0.3 is 10.0 Å². The summed E-state index contributed by atoms with van der Waals surface area (Å²) in [7, 11) is 0. The van der Waals surface area contributed by atoms with E-state index in [1.54, 1.807) is 6.20 Å². The van der Waals surface area contributed by atoms with Gasteiger partial charge in [0.1, 0.15) is 5.76 Å². The first kappa shape index (κ1) is 8.88. The second kappa shape index (κ2) is 2.92. The summed E-state index contributed by atoms with van der Waals surface area (Å²) in [6, 6.07) is 6.38. The van der Waals surface area contributed by atoms with Crippen molar-refractivity contribution in [3.05, 3.63) is 64.0 Å². The van der Waals surface area contributed by atoms with Crippen LogP contribution in [-0.4, -0.2) is 10.0 Å². The Morgan fingerprint density at radius 3 is 3.12 bits per heavy atom. The average molecular weight is 221 g/mol. The molecular formula is C15H11NO. The summed E-state index contributed by atoms with van der Waals surface area (Å²) in [5, 5.41) is 12.3. The molecule has 17 heavy (non-hydrogen) atoms. The van der Waals surface area contributed by atoms with E-state index >= 15 is 0 Å². The van der Waals surface area contributed by atoms with Crippen molar-refractivity contribution in [3.8, 4) is 0 Å². The average Bonchev–Trinajstić information content (AvgIpc) is 2.35. The lowest BCUT2D eigenvalue weighted by molar-refractivity contribution is 0.415. The predicted molar refractivity (Wildman–Crippen MR) is 67.8 cm³/mol. The number of aliphatic hydroxyl groups is 1. The van der Waals surface area contributed by atoms with Crippen LogP contribution in [0.2, 0.25) is 0 Å². The molecule has 0 bridgehead atoms. The van der Waals surface area contributed by atoms with Crippen LogP contribution in [0.25, 0.3) is 17.8 Å². The minimum absolute atomic E-state index is 0.324. The maximum atomic E-state index is 9.70. The van der Waals surface area contributed by atoms with Crippen molar-refractivity contribution in [1.29, 1.82) is 0 Å². The topological polar surface area (TPSA) is 23.5 Å². The lowest BCUT2D eigenvalue weighted by Crippen LogP contribution is -2.39. The Morgan fingerprint density at radius 2 is 2.18 bits per heavy atom. The smallest absolute Gasteiger partial charge is 0.132 e. The Hall–Kier alpha value is -2.22. The highest BCUT2D eigenvalue weighted by Crippen LogP contribution is 2.29. The zero-order valence-electron chi connectivity index (χ0n) is 9.22. The molecule has 2 aliphatic heterocycles. The van der Waals surface area contributed by atoms with E-state index in [1.807, 2.05) is 17.2 Å². The lowest BCUT2D eigenvalue weighted by Gasteiger charge is -2.30. The summed E-state index contributed by atoms with van der Waals surface area (Å²) in [4.78, 5) is 2.02. The van der Waals surface area contributed by atoms with Crippen LogP contribution < -0.4 is 10.4 Å². The quantitative estimate of drug-likeness (QED) is 0.719. The summed E-state index contributed by atoms with van der Waals surface area (Å²) in [5.41, 5.74) is 3.66. The fourth-order valence-corrected chi connectivity index (χ4v) is 2.77. The van der Waals surface area contributed by atoms with Gasteiger partial charge in [-0.25, -0.2) is 0 Å². The monoisotopic (exact) mass is 221 g/mol. The molecule has 1 aromatic carbocycles. The first-order valence-electron chi connectivity index (χ1n) is 5.75. The third kappa shape index (κ3) is 1.10. The molecule has 2 heteroatoms. The number of rotatable bonds is 0. The van der Waals surface area contributed by atoms with Gasteiger partial charge in [-0.3, -0.25) is 0 Å². The van der Waals surface area contributed by atoms with Crippen LogP contribution in [0.15, 0.2) is 48.0 Å². The maximum absolute atomic E-state index is 9.70. The third-order valence-corrected chi connectivity index (χ3v) is 3.48. The zero-order chi connectivity index (χ0) is 11.4. The molecule has 0 fully saturated rings. The maximum Gasteiger partial charge on any atom is 0.132 e. The predicted octanol–water partition coefficient (Wildman–Crippen LogP) is 1.60. The second-order valence-electron chi connectivity index (χ2n) is 4.51. The van der Waals surface area contributed by atoms with Gasteiger partial charge in [-0.1, -0.05) is 24.3 Å². The molecule has 0 saturated carbocycles. The first-order chi connectivity index (χ1) is 8.33. The van der Waals surface area contributed by atoms with Crippen molar-refractivity contribution in [2.75, 3.05) is 0 Å². The summed E-state index contributed by atoms with van der Waals surface area (Å²) >= 11 is 0. The molecule has 0 amide bonds. The molecule has 2 nitrogen and oxygen atoms in total. The molecule has 0 spiro atoms. The van der Waals surface area contributed by atoms with Gasteiger partial charge in [-0.2, -0.15) is 0 Å². The van der Waals surface area contributed by atoms with Gasteiger partial charge in [0.05, 0.1) is 11.9 Å². The van der Waals surface area contributed by atoms with Gasteiger partial charge in [-0.05, 0) is 34.9 Å². The van der Waals surface area contributed by atoms with Gasteiger partial charge in [0, 0.05) is 11.4 Å². The molecule has 82 valence electrons. The minimum Gasteiger partial charge on any atom is -0.506 e. The first-order valence-corrected chi connectivity index (χ1v) is 5.75. The van der Waals surface area contributed by atoms with Crippen LogP contribution in [0.5, 0.6) is 0 Å². The van der Waals surface area contributed by atoms with E-state index in [4.69, 9.17) is 0 Å². The highest BCUT2D eigenvalue weighted by atomic mass is 16.3. The van der Waals surface area contributed by atoms with Gasteiger partial charge in [0.2, 0.25) is 0 Å². The van der Waals surface area contributed by atoms with E-state index in [9.17, 15) is 5.11 Å². The third-order valence-electron chi connectivity index (χ3n) is 3.48. The molecule has 0 saturated heterocycles. The number of benzene rings is 1. The van der Waals surface area contributed by atoms with Crippen molar-refractivity contribution >= 4 is 17.8 Å². The van der Waals surface area contributed by atoms with E-state index in [-0.39, 0.29) is 0 Å². The van der Waals surface area contributed by atoms with E-state index in [1.165, 1.54) is 27.3 Å². The van der Waals surface area contributed by atoms with Crippen LogP contribution in [0.1, 0.15) is 12.0 Å². The Bertz CT molecular complexity index is 735. The largest absolute Gasteiger partial charge is 0.506 e. The van der Waals surface area contributed by atoms with Crippen LogP contribution in [-0.2, 0) is 0 Å². The standard InChI is InChI=1S/C15H11NO/c17-13-8-12-5-4-10-2-1-3-11-6-7-16(9-13)15(12)14(10)11/h1-4,6-9,17H,5H2. The Labute approximate surface area is 98.8 Å². The van der Waals surface area contributed by atoms with E-state index < -0.39 is 0 Å². The second-order valence-corrected chi connectivity index (χ2v) is 4.51. The van der Waals surface area contributed by atoms with Crippen molar-refractivity contribution in [2.24, 2.45) is 0 Å². The van der Waals surface area contributed by atoms with E-state index in [0.717, 1.165) is 6.42 Å². The van der Waals surface area contributed by atoms with Crippen LogP contribution in [0.3, 0.4) is 0 Å². The van der Waals surface area contributed by atoms with Gasteiger partial charge >= 0.3 is 0 Å². The Morgan fingerprint density at radius 1 is 1.24 bits per heavy atom. The normalized spacial score (nSPS) is 19.3. The SMILES string of the molecule is OC1=CN2C=Cc3cccc4c3=C2C(=C1)CC=4. The molecule has 3 aliphatic rings. The van der Waals surface area contributed by atoms with E-state index in [2.05, 4.69) is 30.4 Å². The zero-order valence-corrected chi connectivity index (χ0v) is 9.22. The number of nitrogens with zero attached hydrogens (tertiary/aromatic N) is 1. The van der Waals surface area contributed by atoms with Crippen LogP contribution in [0, 0.1) is 0 Å². The van der Waals surface area contributed by atoms with Crippen molar-refractivity contribution < 1.29 is 5.11 Å². The molecule has 2 heterocycles. The summed E-state index contributed by atoms with van der Waals surface area (Å²) in [5.74, 6) is 0.324. The molecule has 0 unspecified atom stereocenters. The van der Waals surface area contributed by atoms with Gasteiger partial charge in [-0.15, -0.1) is 0 Å². The van der Waals surface area contributed by atoms with Crippen molar-refractivity contribution in [3.63, 3.8) is 0 Å². The molecule has 1 N–H and O–H groups in total. The fourth-order valence-electron chi connectivity index (χ4n) is 2.77. The minimum atomic E-state index is 0.324. The summed E-state index contributed by atoms with van der Waals surface area (Å²) in [6.45, 7) is 0. The van der Waals surface area contributed by atoms with Crippen LogP contribution in [0.4, 0.5) is 0 Å². The fraction of sp³-hybridized carbons (Fsp3) is 0.0667. The Kier molecular flexibility index (Phi) is 1.52. The van der Waals surface area contributed by atoms with Crippen LogP contribution >= 0.6 is 0 Å². The van der Waals surface area contributed by atoms with Crippen molar-refractivity contribution in [2.45, 2.75) is 6.42 Å². The molecule has 0 radical (unpaired) electrons. The van der Waals surface area contributed by atoms with Gasteiger partial charge in [0.25, 0.3) is 0 Å². The number of aliphatic hydroxyl groups excluding tert-OH is 1. The molecule has 0 aromatic heterocycles. The van der Waals surface area contributed by atoms with Gasteiger partial charge in [0.15, 0.2) is 0 Å². The summed E-state index contributed by atoms with van der Waals surface area (Å²) < 4.78 is 0. The van der Waals surface area contributed by atoms with Crippen molar-refractivity contribution in [1.82, 2.24) is 4.90 Å². The number of hydrogen-bond donors (Lipinski definition) is 1. The van der Waals surface area contributed by atoms with E-state index in [0.29, 0.717) is 5.76 Å². The molecule has 4 rings (SSSR count). The molecular weight excluding hydrogens is 210 g/mol. The lowest BCUT2D eigenvalue weighted by atomic mass is 9.92. The Balaban J connectivity index is 2.21. The summed E-state index contributed by atoms with van der Waals surface area (Å²) in [6.07, 6.45) is 10.8. The highest BCUT2D eigenvalue weighted by molar-refractivity contribution is 5.77. The highest BCUT2D eigenvalue weighted by Gasteiger charge is 2.22. The number of allylic oxidation sites excluding steroid dienone is 1.